The predicted octanol–water partition coefficient (Wildman–Crippen LogP) is 0.829. The van der Waals surface area contributed by atoms with Crippen LogP contribution in [0.2, 0.25) is 0 Å². The number of hydrogen-bond donors (Lipinski definition) is 2. The molecular formula is C12H19N3O3. The Labute approximate surface area is 106 Å². The highest BCUT2D eigenvalue weighted by molar-refractivity contribution is 5.28. The van der Waals surface area contributed by atoms with Crippen LogP contribution in [0.4, 0.5) is 5.95 Å². The third kappa shape index (κ3) is 3.54. The topological polar surface area (TPSA) is 76.5 Å². The SMILES string of the molecule is CCOc1ccnc(NCC2(O)CCOCC2)n1. The number of aromatic nitrogens is 2. The van der Waals surface area contributed by atoms with Gasteiger partial charge in [-0.3, -0.25) is 0 Å². The second-order valence-corrected chi connectivity index (χ2v) is 4.34. The first-order valence-corrected chi connectivity index (χ1v) is 6.22. The fourth-order valence-electron chi connectivity index (χ4n) is 1.83. The second-order valence-electron chi connectivity index (χ2n) is 4.34. The van der Waals surface area contributed by atoms with E-state index in [0.717, 1.165) is 0 Å². The lowest BCUT2D eigenvalue weighted by Gasteiger charge is -2.32. The van der Waals surface area contributed by atoms with Crippen LogP contribution in [0.3, 0.4) is 0 Å². The van der Waals surface area contributed by atoms with Crippen molar-refractivity contribution in [2.24, 2.45) is 0 Å². The summed E-state index contributed by atoms with van der Waals surface area (Å²) >= 11 is 0. The van der Waals surface area contributed by atoms with E-state index < -0.39 is 5.60 Å². The lowest BCUT2D eigenvalue weighted by Crippen LogP contribution is -2.42. The van der Waals surface area contributed by atoms with E-state index in [1.807, 2.05) is 6.92 Å². The Balaban J connectivity index is 1.90. The minimum Gasteiger partial charge on any atom is -0.478 e. The molecule has 0 saturated carbocycles. The molecular weight excluding hydrogens is 234 g/mol. The van der Waals surface area contributed by atoms with E-state index in [1.54, 1.807) is 12.3 Å². The molecule has 1 saturated heterocycles. The molecule has 1 aliphatic heterocycles. The third-order valence-electron chi connectivity index (χ3n) is 2.92. The first-order chi connectivity index (χ1) is 8.72. The lowest BCUT2D eigenvalue weighted by atomic mass is 9.94. The molecule has 6 heteroatoms. The molecule has 0 unspecified atom stereocenters. The van der Waals surface area contributed by atoms with Gasteiger partial charge in [0.15, 0.2) is 0 Å². The van der Waals surface area contributed by atoms with Crippen LogP contribution in [0.15, 0.2) is 12.3 Å². The number of anilines is 1. The zero-order valence-corrected chi connectivity index (χ0v) is 10.6. The summed E-state index contributed by atoms with van der Waals surface area (Å²) in [5.41, 5.74) is -0.733. The van der Waals surface area contributed by atoms with Gasteiger partial charge in [0.25, 0.3) is 0 Å². The smallest absolute Gasteiger partial charge is 0.226 e. The zero-order valence-electron chi connectivity index (χ0n) is 10.6. The highest BCUT2D eigenvalue weighted by atomic mass is 16.5. The van der Waals surface area contributed by atoms with E-state index in [9.17, 15) is 5.11 Å². The van der Waals surface area contributed by atoms with Gasteiger partial charge in [0.2, 0.25) is 11.8 Å². The van der Waals surface area contributed by atoms with Crippen molar-refractivity contribution in [3.8, 4) is 5.88 Å². The van der Waals surface area contributed by atoms with Gasteiger partial charge in [-0.1, -0.05) is 0 Å². The molecule has 0 amide bonds. The minimum absolute atomic E-state index is 0.423. The van der Waals surface area contributed by atoms with Crippen molar-refractivity contribution in [3.63, 3.8) is 0 Å². The minimum atomic E-state index is -0.733. The van der Waals surface area contributed by atoms with E-state index in [0.29, 0.717) is 51.0 Å². The van der Waals surface area contributed by atoms with E-state index in [-0.39, 0.29) is 0 Å². The summed E-state index contributed by atoms with van der Waals surface area (Å²) in [6.45, 7) is 4.08. The van der Waals surface area contributed by atoms with Crippen molar-refractivity contribution in [2.45, 2.75) is 25.4 Å². The molecule has 1 fully saturated rings. The van der Waals surface area contributed by atoms with E-state index >= 15 is 0 Å². The standard InChI is InChI=1S/C12H19N3O3/c1-2-18-10-3-6-13-11(15-10)14-9-12(16)4-7-17-8-5-12/h3,6,16H,2,4-5,7-9H2,1H3,(H,13,14,15). The number of hydrogen-bond acceptors (Lipinski definition) is 6. The van der Waals surface area contributed by atoms with Crippen LogP contribution >= 0.6 is 0 Å². The van der Waals surface area contributed by atoms with Gasteiger partial charge < -0.3 is 19.9 Å². The summed E-state index contributed by atoms with van der Waals surface area (Å²) in [7, 11) is 0. The summed E-state index contributed by atoms with van der Waals surface area (Å²) < 4.78 is 10.5. The predicted molar refractivity (Wildman–Crippen MR) is 66.7 cm³/mol. The molecule has 1 aromatic heterocycles. The molecule has 2 rings (SSSR count). The van der Waals surface area contributed by atoms with Gasteiger partial charge in [-0.15, -0.1) is 0 Å². The van der Waals surface area contributed by atoms with Crippen LogP contribution in [0.5, 0.6) is 5.88 Å². The quantitative estimate of drug-likeness (QED) is 0.809. The molecule has 6 nitrogen and oxygen atoms in total. The van der Waals surface area contributed by atoms with Gasteiger partial charge in [0.05, 0.1) is 12.2 Å². The Morgan fingerprint density at radius 3 is 3.00 bits per heavy atom. The highest BCUT2D eigenvalue weighted by Crippen LogP contribution is 2.20. The van der Waals surface area contributed by atoms with Gasteiger partial charge >= 0.3 is 0 Å². The molecule has 2 N–H and O–H groups in total. The van der Waals surface area contributed by atoms with Crippen LogP contribution < -0.4 is 10.1 Å². The summed E-state index contributed by atoms with van der Waals surface area (Å²) in [6.07, 6.45) is 2.89. The van der Waals surface area contributed by atoms with Gasteiger partial charge in [-0.25, -0.2) is 4.98 Å². The summed E-state index contributed by atoms with van der Waals surface area (Å²) in [5.74, 6) is 1.01. The maximum absolute atomic E-state index is 10.3. The average Bonchev–Trinajstić information content (AvgIpc) is 2.38. The Morgan fingerprint density at radius 2 is 2.28 bits per heavy atom. The van der Waals surface area contributed by atoms with Crippen LogP contribution in [0.25, 0.3) is 0 Å². The Kier molecular flexibility index (Phi) is 4.33. The maximum atomic E-state index is 10.3. The number of nitrogens with zero attached hydrogens (tertiary/aromatic N) is 2. The van der Waals surface area contributed by atoms with Crippen molar-refractivity contribution in [2.75, 3.05) is 31.7 Å². The maximum Gasteiger partial charge on any atom is 0.226 e. The van der Waals surface area contributed by atoms with E-state index in [1.165, 1.54) is 0 Å². The van der Waals surface area contributed by atoms with Crippen LogP contribution in [-0.4, -0.2) is 47.0 Å². The molecule has 0 radical (unpaired) electrons. The largest absolute Gasteiger partial charge is 0.478 e. The first kappa shape index (κ1) is 13.0. The molecule has 0 aromatic carbocycles. The summed E-state index contributed by atoms with van der Waals surface area (Å²) in [4.78, 5) is 8.28. The molecule has 1 aromatic rings. The monoisotopic (exact) mass is 253 g/mol. The summed E-state index contributed by atoms with van der Waals surface area (Å²) in [5, 5.41) is 13.3. The zero-order chi connectivity index (χ0) is 12.8. The number of rotatable bonds is 5. The number of ether oxygens (including phenoxy) is 2. The molecule has 0 atom stereocenters. The molecule has 18 heavy (non-hydrogen) atoms. The van der Waals surface area contributed by atoms with Crippen molar-refractivity contribution < 1.29 is 14.6 Å². The van der Waals surface area contributed by atoms with Gasteiger partial charge in [0, 0.05) is 44.9 Å². The molecule has 0 aliphatic carbocycles. The molecule has 100 valence electrons. The van der Waals surface area contributed by atoms with Crippen molar-refractivity contribution in [3.05, 3.63) is 12.3 Å². The third-order valence-corrected chi connectivity index (χ3v) is 2.92. The number of nitrogens with one attached hydrogen (secondary N) is 1. The lowest BCUT2D eigenvalue weighted by molar-refractivity contribution is -0.0544. The highest BCUT2D eigenvalue weighted by Gasteiger charge is 2.29. The Hall–Kier alpha value is -1.40. The van der Waals surface area contributed by atoms with Gasteiger partial charge in [-0.05, 0) is 6.92 Å². The van der Waals surface area contributed by atoms with E-state index in [4.69, 9.17) is 9.47 Å². The summed E-state index contributed by atoms with van der Waals surface area (Å²) in [6, 6.07) is 1.71. The molecule has 0 spiro atoms. The fraction of sp³-hybridized carbons (Fsp3) is 0.667. The Bertz CT molecular complexity index is 381. The molecule has 2 heterocycles. The van der Waals surface area contributed by atoms with Gasteiger partial charge in [0.1, 0.15) is 0 Å². The normalized spacial score (nSPS) is 18.3. The van der Waals surface area contributed by atoms with E-state index in [2.05, 4.69) is 15.3 Å². The molecule has 1 aliphatic rings. The van der Waals surface area contributed by atoms with Crippen molar-refractivity contribution in [1.29, 1.82) is 0 Å². The van der Waals surface area contributed by atoms with Crippen molar-refractivity contribution in [1.82, 2.24) is 9.97 Å². The number of aliphatic hydroxyl groups is 1. The van der Waals surface area contributed by atoms with Crippen LogP contribution in [0, 0.1) is 0 Å². The Morgan fingerprint density at radius 1 is 1.50 bits per heavy atom. The van der Waals surface area contributed by atoms with Crippen LogP contribution in [-0.2, 0) is 4.74 Å². The van der Waals surface area contributed by atoms with Gasteiger partial charge in [-0.2, -0.15) is 4.98 Å². The van der Waals surface area contributed by atoms with Crippen LogP contribution in [0.1, 0.15) is 19.8 Å². The average molecular weight is 253 g/mol. The fourth-order valence-corrected chi connectivity index (χ4v) is 1.83. The first-order valence-electron chi connectivity index (χ1n) is 6.22. The molecule has 0 bridgehead atoms. The second kappa shape index (κ2) is 5.97. The van der Waals surface area contributed by atoms with Crippen molar-refractivity contribution >= 4 is 5.95 Å².